The average molecular weight is 350 g/mol. The van der Waals surface area contributed by atoms with Crippen LogP contribution in [0.25, 0.3) is 0 Å². The van der Waals surface area contributed by atoms with Crippen molar-refractivity contribution in [2.75, 3.05) is 12.3 Å². The Labute approximate surface area is 146 Å². The molecule has 0 aromatic heterocycles. The molecule has 0 aliphatic rings. The normalized spacial score (nSPS) is 11.7. The smallest absolute Gasteiger partial charge is 0.261 e. The van der Waals surface area contributed by atoms with Crippen LogP contribution < -0.4 is 10.1 Å². The van der Waals surface area contributed by atoms with Gasteiger partial charge in [0.2, 0.25) is 0 Å². The van der Waals surface area contributed by atoms with Crippen LogP contribution in [-0.2, 0) is 4.79 Å². The van der Waals surface area contributed by atoms with E-state index in [0.29, 0.717) is 18.7 Å². The Balaban J connectivity index is 1.73. The number of para-hydroxylation sites is 1. The molecule has 0 radical (unpaired) electrons. The van der Waals surface area contributed by atoms with Crippen molar-refractivity contribution in [2.45, 2.75) is 24.3 Å². The lowest BCUT2D eigenvalue weighted by Gasteiger charge is -2.17. The van der Waals surface area contributed by atoms with Gasteiger partial charge in [-0.3, -0.25) is 4.79 Å². The fraction of sp³-hybridized carbons (Fsp3) is 0.278. The number of hydrogen-bond donors (Lipinski definition) is 1. The minimum absolute atomic E-state index is 0.0759. The third-order valence-corrected chi connectivity index (χ3v) is 4.43. The van der Waals surface area contributed by atoms with Gasteiger partial charge >= 0.3 is 0 Å². The standard InChI is InChI=1S/C18H20ClNO2S/c1-2-17(22-15-6-4-3-5-7-15)18(21)20-12-13-23-16-10-8-14(19)9-11-16/h3-11,17H,2,12-13H2,1H3,(H,20,21)/t17-/m0/s1. The van der Waals surface area contributed by atoms with Crippen molar-refractivity contribution >= 4 is 29.3 Å². The van der Waals surface area contributed by atoms with Crippen LogP contribution in [0.15, 0.2) is 59.5 Å². The highest BCUT2D eigenvalue weighted by Gasteiger charge is 2.17. The number of thioether (sulfide) groups is 1. The van der Waals surface area contributed by atoms with Gasteiger partial charge in [0.05, 0.1) is 0 Å². The molecule has 0 bridgehead atoms. The van der Waals surface area contributed by atoms with Crippen LogP contribution >= 0.6 is 23.4 Å². The average Bonchev–Trinajstić information content (AvgIpc) is 2.59. The van der Waals surface area contributed by atoms with Crippen molar-refractivity contribution in [3.63, 3.8) is 0 Å². The van der Waals surface area contributed by atoms with Gasteiger partial charge in [-0.15, -0.1) is 11.8 Å². The van der Waals surface area contributed by atoms with Gasteiger partial charge in [-0.1, -0.05) is 36.7 Å². The van der Waals surface area contributed by atoms with Gasteiger partial charge in [-0.05, 0) is 42.8 Å². The van der Waals surface area contributed by atoms with E-state index in [2.05, 4.69) is 5.32 Å². The van der Waals surface area contributed by atoms with Crippen molar-refractivity contribution < 1.29 is 9.53 Å². The highest BCUT2D eigenvalue weighted by atomic mass is 35.5. The van der Waals surface area contributed by atoms with Gasteiger partial charge in [0.15, 0.2) is 6.10 Å². The molecule has 0 heterocycles. The molecule has 0 saturated heterocycles. The van der Waals surface area contributed by atoms with Crippen LogP contribution in [0.4, 0.5) is 0 Å². The van der Waals surface area contributed by atoms with E-state index < -0.39 is 6.10 Å². The molecule has 5 heteroatoms. The largest absolute Gasteiger partial charge is 0.481 e. The maximum atomic E-state index is 12.2. The molecule has 0 aliphatic carbocycles. The molecule has 0 aliphatic heterocycles. The molecule has 1 amide bonds. The summed E-state index contributed by atoms with van der Waals surface area (Å²) in [6.07, 6.45) is 0.170. The van der Waals surface area contributed by atoms with E-state index in [9.17, 15) is 4.79 Å². The van der Waals surface area contributed by atoms with Crippen LogP contribution in [0.3, 0.4) is 0 Å². The van der Waals surface area contributed by atoms with Crippen LogP contribution in [0.2, 0.25) is 5.02 Å². The van der Waals surface area contributed by atoms with Crippen LogP contribution in [0.5, 0.6) is 5.75 Å². The van der Waals surface area contributed by atoms with Gasteiger partial charge in [-0.25, -0.2) is 0 Å². The summed E-state index contributed by atoms with van der Waals surface area (Å²) < 4.78 is 5.72. The first-order valence-electron chi connectivity index (χ1n) is 7.57. The van der Waals surface area contributed by atoms with E-state index in [4.69, 9.17) is 16.3 Å². The lowest BCUT2D eigenvalue weighted by atomic mass is 10.2. The van der Waals surface area contributed by atoms with E-state index in [1.165, 1.54) is 0 Å². The fourth-order valence-electron chi connectivity index (χ4n) is 1.97. The zero-order valence-electron chi connectivity index (χ0n) is 13.0. The molecule has 1 N–H and O–H groups in total. The Morgan fingerprint density at radius 2 is 1.87 bits per heavy atom. The van der Waals surface area contributed by atoms with E-state index in [1.807, 2.05) is 61.5 Å². The molecular weight excluding hydrogens is 330 g/mol. The summed E-state index contributed by atoms with van der Waals surface area (Å²) >= 11 is 7.53. The molecule has 23 heavy (non-hydrogen) atoms. The molecule has 0 unspecified atom stereocenters. The summed E-state index contributed by atoms with van der Waals surface area (Å²) in [6.45, 7) is 2.54. The molecule has 2 aromatic carbocycles. The highest BCUT2D eigenvalue weighted by molar-refractivity contribution is 7.99. The number of rotatable bonds is 8. The van der Waals surface area contributed by atoms with Gasteiger partial charge in [0.25, 0.3) is 5.91 Å². The predicted octanol–water partition coefficient (Wildman–Crippen LogP) is 4.41. The third-order valence-electron chi connectivity index (χ3n) is 3.17. The van der Waals surface area contributed by atoms with E-state index in [-0.39, 0.29) is 5.91 Å². The Morgan fingerprint density at radius 3 is 2.52 bits per heavy atom. The Morgan fingerprint density at radius 1 is 1.17 bits per heavy atom. The number of nitrogens with one attached hydrogen (secondary N) is 1. The molecular formula is C18H20ClNO2S. The molecule has 0 fully saturated rings. The SMILES string of the molecule is CC[C@H](Oc1ccccc1)C(=O)NCCSc1ccc(Cl)cc1. The van der Waals surface area contributed by atoms with E-state index >= 15 is 0 Å². The number of benzene rings is 2. The Hall–Kier alpha value is -1.65. The molecule has 122 valence electrons. The zero-order chi connectivity index (χ0) is 16.5. The summed E-state index contributed by atoms with van der Waals surface area (Å²) in [5.74, 6) is 1.44. The van der Waals surface area contributed by atoms with Gasteiger partial charge < -0.3 is 10.1 Å². The highest BCUT2D eigenvalue weighted by Crippen LogP contribution is 2.19. The first-order valence-corrected chi connectivity index (χ1v) is 8.93. The Kier molecular flexibility index (Phi) is 7.30. The summed E-state index contributed by atoms with van der Waals surface area (Å²) in [4.78, 5) is 13.3. The predicted molar refractivity (Wildman–Crippen MR) is 96.3 cm³/mol. The number of halogens is 1. The minimum atomic E-state index is -0.460. The van der Waals surface area contributed by atoms with Crippen molar-refractivity contribution in [3.8, 4) is 5.75 Å². The molecule has 0 spiro atoms. The van der Waals surface area contributed by atoms with Gasteiger partial charge in [0, 0.05) is 22.2 Å². The Bertz CT molecular complexity index is 604. The summed E-state index contributed by atoms with van der Waals surface area (Å²) in [7, 11) is 0. The molecule has 3 nitrogen and oxygen atoms in total. The van der Waals surface area contributed by atoms with E-state index in [0.717, 1.165) is 15.7 Å². The first kappa shape index (κ1) is 17.7. The number of carbonyl (C=O) groups excluding carboxylic acids is 1. The quantitative estimate of drug-likeness (QED) is 0.567. The van der Waals surface area contributed by atoms with Gasteiger partial charge in [0.1, 0.15) is 5.75 Å². The van der Waals surface area contributed by atoms with Crippen molar-refractivity contribution in [1.29, 1.82) is 0 Å². The molecule has 2 rings (SSSR count). The van der Waals surface area contributed by atoms with Crippen molar-refractivity contribution in [3.05, 3.63) is 59.6 Å². The maximum absolute atomic E-state index is 12.2. The van der Waals surface area contributed by atoms with Crippen molar-refractivity contribution in [1.82, 2.24) is 5.32 Å². The van der Waals surface area contributed by atoms with Crippen LogP contribution in [-0.4, -0.2) is 24.3 Å². The number of carbonyl (C=O) groups is 1. The fourth-order valence-corrected chi connectivity index (χ4v) is 2.87. The molecule has 1 atom stereocenters. The minimum Gasteiger partial charge on any atom is -0.481 e. The summed E-state index contributed by atoms with van der Waals surface area (Å²) in [5.41, 5.74) is 0. The summed E-state index contributed by atoms with van der Waals surface area (Å²) in [6, 6.07) is 17.1. The first-order chi connectivity index (χ1) is 11.2. The van der Waals surface area contributed by atoms with Crippen molar-refractivity contribution in [2.24, 2.45) is 0 Å². The third kappa shape index (κ3) is 6.16. The molecule has 0 saturated carbocycles. The zero-order valence-corrected chi connectivity index (χ0v) is 14.6. The second-order valence-electron chi connectivity index (χ2n) is 4.92. The lowest BCUT2D eigenvalue weighted by Crippen LogP contribution is -2.39. The maximum Gasteiger partial charge on any atom is 0.261 e. The number of ether oxygens (including phenoxy) is 1. The second-order valence-corrected chi connectivity index (χ2v) is 6.53. The topological polar surface area (TPSA) is 38.3 Å². The lowest BCUT2D eigenvalue weighted by molar-refractivity contribution is -0.127. The molecule has 2 aromatic rings. The summed E-state index contributed by atoms with van der Waals surface area (Å²) in [5, 5.41) is 3.65. The number of amides is 1. The van der Waals surface area contributed by atoms with Gasteiger partial charge in [-0.2, -0.15) is 0 Å². The van der Waals surface area contributed by atoms with Crippen LogP contribution in [0.1, 0.15) is 13.3 Å². The second kappa shape index (κ2) is 9.48. The van der Waals surface area contributed by atoms with E-state index in [1.54, 1.807) is 11.8 Å². The monoisotopic (exact) mass is 349 g/mol. The van der Waals surface area contributed by atoms with Crippen LogP contribution in [0, 0.1) is 0 Å². The number of hydrogen-bond acceptors (Lipinski definition) is 3.